The van der Waals surface area contributed by atoms with Gasteiger partial charge in [-0.1, -0.05) is 27.7 Å². The average Bonchev–Trinajstić information content (AvgIpc) is 2.62. The van der Waals surface area contributed by atoms with Gasteiger partial charge >= 0.3 is 5.97 Å². The lowest BCUT2D eigenvalue weighted by Crippen LogP contribution is -2.59. The van der Waals surface area contributed by atoms with Crippen LogP contribution in [-0.4, -0.2) is 70.1 Å². The molecule has 12 heteroatoms. The summed E-state index contributed by atoms with van der Waals surface area (Å²) in [5, 5.41) is 25.6. The smallest absolute Gasteiger partial charge is 0.328 e. The molecule has 9 N–H and O–H groups in total. The predicted molar refractivity (Wildman–Crippen MR) is 111 cm³/mol. The van der Waals surface area contributed by atoms with Crippen molar-refractivity contribution in [2.45, 2.75) is 77.7 Å². The van der Waals surface area contributed by atoms with E-state index < -0.39 is 66.3 Å². The second kappa shape index (κ2) is 12.8. The molecule has 0 bridgehead atoms. The lowest BCUT2D eigenvalue weighted by molar-refractivity contribution is -0.145. The van der Waals surface area contributed by atoms with Gasteiger partial charge in [0, 0.05) is 0 Å². The number of carbonyl (C=O) groups excluding carboxylic acids is 4. The molecule has 178 valence electrons. The van der Waals surface area contributed by atoms with Crippen molar-refractivity contribution >= 4 is 29.6 Å². The van der Waals surface area contributed by atoms with Crippen LogP contribution >= 0.6 is 0 Å². The minimum Gasteiger partial charge on any atom is -0.480 e. The number of carbonyl (C=O) groups is 5. The van der Waals surface area contributed by atoms with Crippen LogP contribution in [0.5, 0.6) is 0 Å². The SMILES string of the molecule is CC(C)CC(NC(=O)C(N)C(C)C)C(=O)NC(CC(N)=O)C(=O)NC(C(=O)O)C(C)O. The Kier molecular flexibility index (Phi) is 11.7. The molecule has 0 aliphatic rings. The number of aliphatic hydroxyl groups excluding tert-OH is 1. The molecular formula is C19H35N5O7. The summed E-state index contributed by atoms with van der Waals surface area (Å²) in [6.45, 7) is 8.30. The Balaban J connectivity index is 5.54. The third-order valence-corrected chi connectivity index (χ3v) is 4.45. The van der Waals surface area contributed by atoms with Crippen molar-refractivity contribution < 1.29 is 34.2 Å². The number of carboxylic acid groups (broad SMARTS) is 1. The first-order valence-electron chi connectivity index (χ1n) is 10.0. The Morgan fingerprint density at radius 1 is 0.839 bits per heavy atom. The van der Waals surface area contributed by atoms with E-state index in [4.69, 9.17) is 16.6 Å². The van der Waals surface area contributed by atoms with Crippen LogP contribution in [0.15, 0.2) is 0 Å². The molecule has 12 nitrogen and oxygen atoms in total. The van der Waals surface area contributed by atoms with Gasteiger partial charge in [-0.3, -0.25) is 19.2 Å². The maximum atomic E-state index is 12.8. The largest absolute Gasteiger partial charge is 0.480 e. The summed E-state index contributed by atoms with van der Waals surface area (Å²) >= 11 is 0. The quantitative estimate of drug-likeness (QED) is 0.165. The standard InChI is InChI=1S/C19H35N5O7/c1-8(2)6-11(23-18(29)14(21)9(3)4)16(27)22-12(7-13(20)26)17(28)24-15(10(5)25)19(30)31/h8-12,14-15,25H,6-7,21H2,1-5H3,(H2,20,26)(H,22,27)(H,23,29)(H,24,28)(H,30,31). The van der Waals surface area contributed by atoms with Gasteiger partial charge < -0.3 is 37.6 Å². The van der Waals surface area contributed by atoms with E-state index in [1.165, 1.54) is 0 Å². The lowest BCUT2D eigenvalue weighted by Gasteiger charge is -2.26. The molecule has 0 aromatic heterocycles. The second-order valence-corrected chi connectivity index (χ2v) is 8.26. The number of primary amides is 1. The Bertz CT molecular complexity index is 666. The van der Waals surface area contributed by atoms with Gasteiger partial charge in [-0.15, -0.1) is 0 Å². The molecule has 0 aromatic carbocycles. The zero-order chi connectivity index (χ0) is 24.5. The van der Waals surface area contributed by atoms with E-state index >= 15 is 0 Å². The monoisotopic (exact) mass is 445 g/mol. The molecule has 0 rings (SSSR count). The zero-order valence-corrected chi connectivity index (χ0v) is 18.5. The summed E-state index contributed by atoms with van der Waals surface area (Å²) in [5.74, 6) is -4.94. The van der Waals surface area contributed by atoms with E-state index in [1.807, 2.05) is 13.8 Å². The number of nitrogens with one attached hydrogen (secondary N) is 3. The fourth-order valence-corrected chi connectivity index (χ4v) is 2.60. The van der Waals surface area contributed by atoms with Gasteiger partial charge in [0.25, 0.3) is 0 Å². The Labute approximate surface area is 181 Å². The summed E-state index contributed by atoms with van der Waals surface area (Å²) in [7, 11) is 0. The summed E-state index contributed by atoms with van der Waals surface area (Å²) in [6.07, 6.45) is -1.83. The number of carboxylic acids is 1. The van der Waals surface area contributed by atoms with E-state index in [1.54, 1.807) is 13.8 Å². The molecule has 0 spiro atoms. The van der Waals surface area contributed by atoms with Crippen LogP contribution < -0.4 is 27.4 Å². The molecule has 4 amide bonds. The summed E-state index contributed by atoms with van der Waals surface area (Å²) < 4.78 is 0. The van der Waals surface area contributed by atoms with Crippen LogP contribution in [0.25, 0.3) is 0 Å². The molecule has 0 radical (unpaired) electrons. The molecule has 0 heterocycles. The highest BCUT2D eigenvalue weighted by Gasteiger charge is 2.33. The number of aliphatic hydroxyl groups is 1. The fraction of sp³-hybridized carbons (Fsp3) is 0.737. The molecule has 0 saturated carbocycles. The van der Waals surface area contributed by atoms with Crippen molar-refractivity contribution in [3.05, 3.63) is 0 Å². The van der Waals surface area contributed by atoms with Crippen molar-refractivity contribution in [2.75, 3.05) is 0 Å². The van der Waals surface area contributed by atoms with E-state index in [-0.39, 0.29) is 18.3 Å². The maximum Gasteiger partial charge on any atom is 0.328 e. The van der Waals surface area contributed by atoms with Crippen LogP contribution in [0.1, 0.15) is 47.5 Å². The van der Waals surface area contributed by atoms with Crippen molar-refractivity contribution in [1.82, 2.24) is 16.0 Å². The highest BCUT2D eigenvalue weighted by molar-refractivity contribution is 5.96. The molecular weight excluding hydrogens is 410 g/mol. The maximum absolute atomic E-state index is 12.8. The number of hydrogen-bond donors (Lipinski definition) is 7. The fourth-order valence-electron chi connectivity index (χ4n) is 2.60. The van der Waals surface area contributed by atoms with Crippen molar-refractivity contribution in [2.24, 2.45) is 23.3 Å². The summed E-state index contributed by atoms with van der Waals surface area (Å²) in [6, 6.07) is -5.06. The van der Waals surface area contributed by atoms with E-state index in [9.17, 15) is 29.1 Å². The Morgan fingerprint density at radius 3 is 1.71 bits per heavy atom. The normalized spacial score (nSPS) is 16.0. The second-order valence-electron chi connectivity index (χ2n) is 8.26. The van der Waals surface area contributed by atoms with Gasteiger partial charge in [0.05, 0.1) is 18.6 Å². The van der Waals surface area contributed by atoms with Crippen LogP contribution in [0.2, 0.25) is 0 Å². The Morgan fingerprint density at radius 2 is 1.32 bits per heavy atom. The van der Waals surface area contributed by atoms with Crippen molar-refractivity contribution in [3.8, 4) is 0 Å². The van der Waals surface area contributed by atoms with Gasteiger partial charge in [-0.05, 0) is 25.2 Å². The zero-order valence-electron chi connectivity index (χ0n) is 18.5. The first kappa shape index (κ1) is 28.3. The first-order chi connectivity index (χ1) is 14.2. The summed E-state index contributed by atoms with van der Waals surface area (Å²) in [4.78, 5) is 60.2. The predicted octanol–water partition coefficient (Wildman–Crippen LogP) is -2.19. The van der Waals surface area contributed by atoms with E-state index in [0.717, 1.165) is 6.92 Å². The van der Waals surface area contributed by atoms with Gasteiger partial charge in [-0.25, -0.2) is 4.79 Å². The third-order valence-electron chi connectivity index (χ3n) is 4.45. The highest BCUT2D eigenvalue weighted by atomic mass is 16.4. The number of hydrogen-bond acceptors (Lipinski definition) is 7. The van der Waals surface area contributed by atoms with Crippen molar-refractivity contribution in [3.63, 3.8) is 0 Å². The summed E-state index contributed by atoms with van der Waals surface area (Å²) in [5.41, 5.74) is 11.0. The molecule has 0 fully saturated rings. The number of amides is 4. The number of aliphatic carboxylic acids is 1. The molecule has 0 aliphatic heterocycles. The van der Waals surface area contributed by atoms with Gasteiger partial charge in [0.15, 0.2) is 6.04 Å². The minimum atomic E-state index is -1.66. The van der Waals surface area contributed by atoms with Crippen LogP contribution in [0.3, 0.4) is 0 Å². The molecule has 0 saturated heterocycles. The van der Waals surface area contributed by atoms with Gasteiger partial charge in [0.1, 0.15) is 12.1 Å². The van der Waals surface area contributed by atoms with E-state index in [0.29, 0.717) is 0 Å². The first-order valence-corrected chi connectivity index (χ1v) is 10.0. The molecule has 5 atom stereocenters. The van der Waals surface area contributed by atoms with Gasteiger partial charge in [0.2, 0.25) is 23.6 Å². The lowest BCUT2D eigenvalue weighted by atomic mass is 10.00. The molecule has 5 unspecified atom stereocenters. The molecule has 31 heavy (non-hydrogen) atoms. The average molecular weight is 446 g/mol. The topological polar surface area (TPSA) is 214 Å². The van der Waals surface area contributed by atoms with E-state index in [2.05, 4.69) is 16.0 Å². The van der Waals surface area contributed by atoms with Crippen LogP contribution in [0.4, 0.5) is 0 Å². The molecule has 0 aromatic rings. The van der Waals surface area contributed by atoms with Crippen LogP contribution in [-0.2, 0) is 24.0 Å². The number of rotatable bonds is 13. The number of nitrogens with two attached hydrogens (primary N) is 2. The van der Waals surface area contributed by atoms with Crippen molar-refractivity contribution in [1.29, 1.82) is 0 Å². The van der Waals surface area contributed by atoms with Gasteiger partial charge in [-0.2, -0.15) is 0 Å². The highest BCUT2D eigenvalue weighted by Crippen LogP contribution is 2.08. The third kappa shape index (κ3) is 10.2. The Hall–Kier alpha value is -2.73. The molecule has 0 aliphatic carbocycles. The minimum absolute atomic E-state index is 0.0126. The van der Waals surface area contributed by atoms with Crippen LogP contribution in [0, 0.1) is 11.8 Å².